The van der Waals surface area contributed by atoms with Crippen LogP contribution in [-0.4, -0.2) is 14.5 Å². The van der Waals surface area contributed by atoms with Crippen molar-refractivity contribution in [2.24, 2.45) is 0 Å². The first kappa shape index (κ1) is 34.9. The summed E-state index contributed by atoms with van der Waals surface area (Å²) in [6, 6.07) is 80.4. The Bertz CT molecular complexity index is 3620. The molecule has 0 spiro atoms. The van der Waals surface area contributed by atoms with Crippen molar-refractivity contribution in [3.05, 3.63) is 224 Å². The van der Waals surface area contributed by atoms with Crippen molar-refractivity contribution >= 4 is 54.1 Å². The Kier molecular flexibility index (Phi) is 8.17. The summed E-state index contributed by atoms with van der Waals surface area (Å²) < 4.78 is 2.40. The maximum atomic E-state index is 5.33. The molecule has 0 bridgehead atoms. The van der Waals surface area contributed by atoms with Gasteiger partial charge in [0.1, 0.15) is 0 Å². The second-order valence-electron chi connectivity index (χ2n) is 15.7. The van der Waals surface area contributed by atoms with Crippen LogP contribution in [0, 0.1) is 0 Å². The van der Waals surface area contributed by atoms with Gasteiger partial charge in [0, 0.05) is 38.7 Å². The van der Waals surface area contributed by atoms with Gasteiger partial charge in [-0.1, -0.05) is 194 Å². The molecule has 0 radical (unpaired) electrons. The van der Waals surface area contributed by atoms with Gasteiger partial charge < -0.3 is 4.57 Å². The third-order valence-corrected chi connectivity index (χ3v) is 12.2. The highest BCUT2D eigenvalue weighted by Gasteiger charge is 2.20. The lowest BCUT2D eigenvalue weighted by atomic mass is 9.89. The first-order chi connectivity index (χ1) is 30.3. The summed E-state index contributed by atoms with van der Waals surface area (Å²) in [5.74, 6) is 0.690. The second kappa shape index (κ2) is 14.3. The fraction of sp³-hybridized carbons (Fsp3) is 0. The number of hydrogen-bond acceptors (Lipinski definition) is 2. The average molecular weight is 776 g/mol. The smallest absolute Gasteiger partial charge is 0.160 e. The molecule has 0 aliphatic heterocycles. The van der Waals surface area contributed by atoms with E-state index in [2.05, 4.69) is 223 Å². The highest BCUT2D eigenvalue weighted by atomic mass is 15.0. The van der Waals surface area contributed by atoms with Crippen LogP contribution >= 0.6 is 0 Å². The first-order valence-corrected chi connectivity index (χ1v) is 20.8. The zero-order valence-corrected chi connectivity index (χ0v) is 33.2. The first-order valence-electron chi connectivity index (χ1n) is 20.8. The van der Waals surface area contributed by atoms with Gasteiger partial charge in [-0.25, -0.2) is 9.97 Å². The van der Waals surface area contributed by atoms with Gasteiger partial charge in [-0.05, 0) is 79.3 Å². The van der Waals surface area contributed by atoms with E-state index in [-0.39, 0.29) is 0 Å². The van der Waals surface area contributed by atoms with Crippen molar-refractivity contribution in [3.63, 3.8) is 0 Å². The van der Waals surface area contributed by atoms with Crippen LogP contribution in [0.2, 0.25) is 0 Å². The third-order valence-electron chi connectivity index (χ3n) is 12.2. The van der Waals surface area contributed by atoms with Crippen LogP contribution in [0.25, 0.3) is 116 Å². The highest BCUT2D eigenvalue weighted by molar-refractivity contribution is 6.20. The highest BCUT2D eigenvalue weighted by Crippen LogP contribution is 2.43. The molecule has 0 aliphatic carbocycles. The van der Waals surface area contributed by atoms with Crippen molar-refractivity contribution in [1.82, 2.24) is 14.5 Å². The van der Waals surface area contributed by atoms with Crippen molar-refractivity contribution in [3.8, 4) is 61.8 Å². The Morgan fingerprint density at radius 3 is 1.74 bits per heavy atom. The molecule has 0 atom stereocenters. The SMILES string of the molecule is c1ccc(-c2nc(-c3ccc(-c4c5ccccc5cc5c4ccc4ccccc45)cc3)cc(-c3ccccc3-c3cccc4c5ccccc5n(-c5ccccc5)c34)n2)cc1. The lowest BCUT2D eigenvalue weighted by Crippen LogP contribution is -1.98. The van der Waals surface area contributed by atoms with Gasteiger partial charge in [0.05, 0.1) is 22.4 Å². The zero-order chi connectivity index (χ0) is 40.3. The molecule has 10 aromatic carbocycles. The standard InChI is InChI=1S/C58H37N3/c1-3-17-41(18-4-1)58-59-53(39-30-32-40(33-31-39)56-45-23-10-8-19-42(45)36-52-44-22-9-7-16-38(44)34-35-49(52)56)37-54(60-58)47-25-12-11-24-46(47)50-27-15-28-51-48-26-13-14-29-55(48)61(57(50)51)43-20-5-2-6-21-43/h1-37H. The average Bonchev–Trinajstić information content (AvgIpc) is 3.68. The Hall–Kier alpha value is -8.14. The molecule has 0 saturated heterocycles. The van der Waals surface area contributed by atoms with Crippen LogP contribution in [0.3, 0.4) is 0 Å². The van der Waals surface area contributed by atoms with Crippen LogP contribution in [0.1, 0.15) is 0 Å². The molecular weight excluding hydrogens is 739 g/mol. The maximum absolute atomic E-state index is 5.33. The molecule has 0 aliphatic rings. The van der Waals surface area contributed by atoms with E-state index in [1.807, 2.05) is 6.07 Å². The number of rotatable bonds is 6. The minimum absolute atomic E-state index is 0.690. The summed E-state index contributed by atoms with van der Waals surface area (Å²) in [5.41, 5.74) is 12.9. The van der Waals surface area contributed by atoms with E-state index in [1.165, 1.54) is 65.3 Å². The molecule has 2 aromatic heterocycles. The van der Waals surface area contributed by atoms with E-state index in [0.717, 1.165) is 44.9 Å². The summed E-state index contributed by atoms with van der Waals surface area (Å²) in [6.45, 7) is 0. The molecule has 0 unspecified atom stereocenters. The van der Waals surface area contributed by atoms with Crippen LogP contribution < -0.4 is 0 Å². The van der Waals surface area contributed by atoms with Gasteiger partial charge in [0.25, 0.3) is 0 Å². The van der Waals surface area contributed by atoms with Gasteiger partial charge in [-0.3, -0.25) is 0 Å². The summed E-state index contributed by atoms with van der Waals surface area (Å²) in [5, 5.41) is 9.95. The summed E-state index contributed by atoms with van der Waals surface area (Å²) in [4.78, 5) is 10.6. The molecule has 0 saturated carbocycles. The predicted octanol–water partition coefficient (Wildman–Crippen LogP) is 15.4. The molecule has 61 heavy (non-hydrogen) atoms. The largest absolute Gasteiger partial charge is 0.309 e. The quantitative estimate of drug-likeness (QED) is 0.124. The van der Waals surface area contributed by atoms with E-state index in [4.69, 9.17) is 9.97 Å². The predicted molar refractivity (Wildman–Crippen MR) is 256 cm³/mol. The Morgan fingerprint density at radius 1 is 0.311 bits per heavy atom. The van der Waals surface area contributed by atoms with Gasteiger partial charge >= 0.3 is 0 Å². The molecular formula is C58H37N3. The molecule has 284 valence electrons. The number of hydrogen-bond donors (Lipinski definition) is 0. The van der Waals surface area contributed by atoms with E-state index < -0.39 is 0 Å². The maximum Gasteiger partial charge on any atom is 0.160 e. The van der Waals surface area contributed by atoms with Crippen LogP contribution in [0.4, 0.5) is 0 Å². The molecule has 12 rings (SSSR count). The van der Waals surface area contributed by atoms with E-state index in [9.17, 15) is 0 Å². The molecule has 2 heterocycles. The zero-order valence-electron chi connectivity index (χ0n) is 33.2. The van der Waals surface area contributed by atoms with Crippen molar-refractivity contribution in [1.29, 1.82) is 0 Å². The third kappa shape index (κ3) is 5.82. The Labute approximate surface area is 353 Å². The summed E-state index contributed by atoms with van der Waals surface area (Å²) in [7, 11) is 0. The summed E-state index contributed by atoms with van der Waals surface area (Å²) in [6.07, 6.45) is 0. The Balaban J connectivity index is 1.04. The van der Waals surface area contributed by atoms with Crippen molar-refractivity contribution < 1.29 is 0 Å². The lowest BCUT2D eigenvalue weighted by molar-refractivity contribution is 1.18. The van der Waals surface area contributed by atoms with Crippen LogP contribution in [0.5, 0.6) is 0 Å². The van der Waals surface area contributed by atoms with Crippen molar-refractivity contribution in [2.75, 3.05) is 0 Å². The molecule has 0 fully saturated rings. The van der Waals surface area contributed by atoms with E-state index in [1.54, 1.807) is 0 Å². The molecule has 0 N–H and O–H groups in total. The van der Waals surface area contributed by atoms with Gasteiger partial charge in [0.15, 0.2) is 5.82 Å². The van der Waals surface area contributed by atoms with Gasteiger partial charge in [-0.15, -0.1) is 0 Å². The number of para-hydroxylation sites is 3. The summed E-state index contributed by atoms with van der Waals surface area (Å²) >= 11 is 0. The van der Waals surface area contributed by atoms with Crippen LogP contribution in [-0.2, 0) is 0 Å². The van der Waals surface area contributed by atoms with Crippen molar-refractivity contribution in [2.45, 2.75) is 0 Å². The fourth-order valence-electron chi connectivity index (χ4n) is 9.41. The molecule has 3 heteroatoms. The van der Waals surface area contributed by atoms with Gasteiger partial charge in [0.2, 0.25) is 0 Å². The van der Waals surface area contributed by atoms with E-state index >= 15 is 0 Å². The minimum Gasteiger partial charge on any atom is -0.309 e. The van der Waals surface area contributed by atoms with Crippen LogP contribution in [0.15, 0.2) is 224 Å². The fourth-order valence-corrected chi connectivity index (χ4v) is 9.41. The number of fused-ring (bicyclic) bond motifs is 7. The lowest BCUT2D eigenvalue weighted by Gasteiger charge is -2.16. The number of aromatic nitrogens is 3. The number of benzene rings is 10. The van der Waals surface area contributed by atoms with Gasteiger partial charge in [-0.2, -0.15) is 0 Å². The Morgan fingerprint density at radius 2 is 0.918 bits per heavy atom. The topological polar surface area (TPSA) is 30.7 Å². The second-order valence-corrected chi connectivity index (χ2v) is 15.7. The van der Waals surface area contributed by atoms with E-state index in [0.29, 0.717) is 5.82 Å². The molecule has 3 nitrogen and oxygen atoms in total. The molecule has 0 amide bonds. The minimum atomic E-state index is 0.690. The number of nitrogens with zero attached hydrogens (tertiary/aromatic N) is 3. The molecule has 12 aromatic rings. The normalized spacial score (nSPS) is 11.6. The monoisotopic (exact) mass is 775 g/mol.